The number of pyridine rings is 1. The summed E-state index contributed by atoms with van der Waals surface area (Å²) < 4.78 is 18.9. The van der Waals surface area contributed by atoms with Gasteiger partial charge in [0.15, 0.2) is 0 Å². The van der Waals surface area contributed by atoms with Crippen LogP contribution < -0.4 is 10.5 Å². The van der Waals surface area contributed by atoms with Crippen LogP contribution in [-0.2, 0) is 0 Å². The van der Waals surface area contributed by atoms with E-state index in [1.165, 1.54) is 6.07 Å². The minimum Gasteiger partial charge on any atom is -0.439 e. The van der Waals surface area contributed by atoms with Gasteiger partial charge in [0.1, 0.15) is 11.6 Å². The maximum atomic E-state index is 13.4. The molecule has 1 aromatic heterocycles. The lowest BCUT2D eigenvalue weighted by Crippen LogP contribution is -2.05. The van der Waals surface area contributed by atoms with Gasteiger partial charge >= 0.3 is 0 Å². The van der Waals surface area contributed by atoms with Gasteiger partial charge in [0.25, 0.3) is 0 Å². The van der Waals surface area contributed by atoms with Gasteiger partial charge in [0.05, 0.1) is 0 Å². The van der Waals surface area contributed by atoms with Crippen LogP contribution in [-0.4, -0.2) is 4.98 Å². The van der Waals surface area contributed by atoms with Crippen molar-refractivity contribution >= 4 is 0 Å². The molecule has 0 aliphatic carbocycles. The Bertz CT molecular complexity index is 555. The highest BCUT2D eigenvalue weighted by Gasteiger charge is 2.05. The van der Waals surface area contributed by atoms with Crippen LogP contribution in [0, 0.1) is 12.7 Å². The van der Waals surface area contributed by atoms with E-state index in [4.69, 9.17) is 10.5 Å². The third-order valence-electron chi connectivity index (χ3n) is 2.65. The van der Waals surface area contributed by atoms with Crippen LogP contribution in [0.4, 0.5) is 4.39 Å². The fourth-order valence-corrected chi connectivity index (χ4v) is 1.52. The number of rotatable bonds is 3. The number of benzene rings is 1. The van der Waals surface area contributed by atoms with Crippen LogP contribution in [0.2, 0.25) is 0 Å². The molecule has 18 heavy (non-hydrogen) atoms. The lowest BCUT2D eigenvalue weighted by molar-refractivity contribution is 0.456. The number of aromatic nitrogens is 1. The predicted octanol–water partition coefficient (Wildman–Crippen LogP) is 3.34. The molecule has 2 rings (SSSR count). The Hall–Kier alpha value is -1.94. The maximum absolute atomic E-state index is 13.4. The zero-order valence-electron chi connectivity index (χ0n) is 10.4. The molecule has 0 saturated carbocycles. The smallest absolute Gasteiger partial charge is 0.219 e. The molecule has 0 amide bonds. The summed E-state index contributed by atoms with van der Waals surface area (Å²) in [6, 6.07) is 8.20. The van der Waals surface area contributed by atoms with Crippen molar-refractivity contribution in [2.45, 2.75) is 19.9 Å². The summed E-state index contributed by atoms with van der Waals surface area (Å²) in [7, 11) is 0. The van der Waals surface area contributed by atoms with Crippen molar-refractivity contribution in [3.05, 3.63) is 53.5 Å². The third kappa shape index (κ3) is 2.84. The molecule has 2 N–H and O–H groups in total. The van der Waals surface area contributed by atoms with E-state index in [0.29, 0.717) is 17.2 Å². The van der Waals surface area contributed by atoms with Crippen molar-refractivity contribution in [3.63, 3.8) is 0 Å². The van der Waals surface area contributed by atoms with Crippen molar-refractivity contribution in [2.24, 2.45) is 5.73 Å². The Kier molecular flexibility index (Phi) is 3.58. The molecule has 0 saturated heterocycles. The SMILES string of the molecule is Cc1ccc(Oc2cc([C@H](C)N)ccn2)cc1F. The Morgan fingerprint density at radius 1 is 1.28 bits per heavy atom. The second kappa shape index (κ2) is 5.14. The van der Waals surface area contributed by atoms with Crippen molar-refractivity contribution in [2.75, 3.05) is 0 Å². The molecule has 1 aromatic carbocycles. The van der Waals surface area contributed by atoms with Gasteiger partial charge in [0.2, 0.25) is 5.88 Å². The van der Waals surface area contributed by atoms with Crippen LogP contribution in [0.15, 0.2) is 36.5 Å². The lowest BCUT2D eigenvalue weighted by atomic mass is 10.1. The van der Waals surface area contributed by atoms with Crippen LogP contribution in [0.25, 0.3) is 0 Å². The topological polar surface area (TPSA) is 48.1 Å². The summed E-state index contributed by atoms with van der Waals surface area (Å²) in [4.78, 5) is 4.07. The Balaban J connectivity index is 2.23. The van der Waals surface area contributed by atoms with Gasteiger partial charge in [-0.1, -0.05) is 6.07 Å². The Morgan fingerprint density at radius 3 is 2.72 bits per heavy atom. The summed E-state index contributed by atoms with van der Waals surface area (Å²) in [6.45, 7) is 3.58. The highest BCUT2D eigenvalue weighted by atomic mass is 19.1. The number of hydrogen-bond acceptors (Lipinski definition) is 3. The molecule has 0 radical (unpaired) electrons. The van der Waals surface area contributed by atoms with Crippen LogP contribution in [0.3, 0.4) is 0 Å². The van der Waals surface area contributed by atoms with E-state index in [9.17, 15) is 4.39 Å². The molecule has 2 aromatic rings. The molecule has 94 valence electrons. The van der Waals surface area contributed by atoms with E-state index >= 15 is 0 Å². The van der Waals surface area contributed by atoms with Gasteiger partial charge in [-0.3, -0.25) is 0 Å². The van der Waals surface area contributed by atoms with E-state index in [-0.39, 0.29) is 11.9 Å². The molecule has 0 aliphatic rings. The third-order valence-corrected chi connectivity index (χ3v) is 2.65. The lowest BCUT2D eigenvalue weighted by Gasteiger charge is -2.09. The van der Waals surface area contributed by atoms with Gasteiger partial charge in [-0.05, 0) is 37.1 Å². The van der Waals surface area contributed by atoms with Crippen LogP contribution >= 0.6 is 0 Å². The second-order valence-electron chi connectivity index (χ2n) is 4.23. The first-order chi connectivity index (χ1) is 8.56. The Labute approximate surface area is 105 Å². The molecule has 0 aliphatic heterocycles. The first-order valence-corrected chi connectivity index (χ1v) is 5.72. The fraction of sp³-hybridized carbons (Fsp3) is 0.214. The van der Waals surface area contributed by atoms with E-state index in [0.717, 1.165) is 5.56 Å². The Morgan fingerprint density at radius 2 is 2.06 bits per heavy atom. The average Bonchev–Trinajstić information content (AvgIpc) is 2.34. The molecule has 3 nitrogen and oxygen atoms in total. The number of hydrogen-bond donors (Lipinski definition) is 1. The van der Waals surface area contributed by atoms with Gasteiger partial charge < -0.3 is 10.5 Å². The van der Waals surface area contributed by atoms with Crippen LogP contribution in [0.5, 0.6) is 11.6 Å². The van der Waals surface area contributed by atoms with Gasteiger partial charge in [-0.2, -0.15) is 0 Å². The zero-order chi connectivity index (χ0) is 13.1. The van der Waals surface area contributed by atoms with E-state index in [2.05, 4.69) is 4.98 Å². The minimum absolute atomic E-state index is 0.0925. The first-order valence-electron chi connectivity index (χ1n) is 5.72. The zero-order valence-corrected chi connectivity index (χ0v) is 10.4. The molecule has 1 heterocycles. The molecule has 0 bridgehead atoms. The summed E-state index contributed by atoms with van der Waals surface area (Å²) >= 11 is 0. The summed E-state index contributed by atoms with van der Waals surface area (Å²) in [6.07, 6.45) is 1.62. The molecule has 0 spiro atoms. The molecule has 0 unspecified atom stereocenters. The van der Waals surface area contributed by atoms with Crippen molar-refractivity contribution < 1.29 is 9.13 Å². The van der Waals surface area contributed by atoms with E-state index < -0.39 is 0 Å². The van der Waals surface area contributed by atoms with E-state index in [1.54, 1.807) is 31.3 Å². The van der Waals surface area contributed by atoms with E-state index in [1.807, 2.05) is 13.0 Å². The largest absolute Gasteiger partial charge is 0.439 e. The highest BCUT2D eigenvalue weighted by Crippen LogP contribution is 2.23. The number of ether oxygens (including phenoxy) is 1. The minimum atomic E-state index is -0.296. The summed E-state index contributed by atoms with van der Waals surface area (Å²) in [5, 5.41) is 0. The predicted molar refractivity (Wildman–Crippen MR) is 68.1 cm³/mol. The van der Waals surface area contributed by atoms with Crippen LogP contribution in [0.1, 0.15) is 24.1 Å². The number of nitrogens with two attached hydrogens (primary N) is 1. The first kappa shape index (κ1) is 12.5. The highest BCUT2D eigenvalue weighted by molar-refractivity contribution is 5.32. The normalized spacial score (nSPS) is 12.2. The van der Waals surface area contributed by atoms with Crippen molar-refractivity contribution in [1.29, 1.82) is 0 Å². The quantitative estimate of drug-likeness (QED) is 0.903. The number of nitrogens with zero attached hydrogens (tertiary/aromatic N) is 1. The van der Waals surface area contributed by atoms with Crippen molar-refractivity contribution in [1.82, 2.24) is 4.98 Å². The monoisotopic (exact) mass is 246 g/mol. The number of aryl methyl sites for hydroxylation is 1. The summed E-state index contributed by atoms with van der Waals surface area (Å²) in [5.74, 6) is 0.538. The average molecular weight is 246 g/mol. The second-order valence-corrected chi connectivity index (χ2v) is 4.23. The summed E-state index contributed by atoms with van der Waals surface area (Å²) in [5.41, 5.74) is 7.28. The van der Waals surface area contributed by atoms with Gasteiger partial charge in [-0.15, -0.1) is 0 Å². The molecule has 0 fully saturated rings. The van der Waals surface area contributed by atoms with Gasteiger partial charge in [0, 0.05) is 24.4 Å². The fourth-order valence-electron chi connectivity index (χ4n) is 1.52. The molecule has 4 heteroatoms. The maximum Gasteiger partial charge on any atom is 0.219 e. The van der Waals surface area contributed by atoms with Crippen molar-refractivity contribution in [3.8, 4) is 11.6 Å². The number of halogens is 1. The molecular formula is C14H15FN2O. The standard InChI is InChI=1S/C14H15FN2O/c1-9-3-4-12(8-13(9)15)18-14-7-11(10(2)16)5-6-17-14/h3-8,10H,16H2,1-2H3/t10-/m0/s1. The molecule has 1 atom stereocenters. The van der Waals surface area contributed by atoms with Gasteiger partial charge in [-0.25, -0.2) is 9.37 Å². The molecular weight excluding hydrogens is 231 g/mol.